The van der Waals surface area contributed by atoms with Crippen molar-refractivity contribution in [2.75, 3.05) is 20.0 Å². The molecule has 104 valence electrons. The molecule has 0 aliphatic carbocycles. The summed E-state index contributed by atoms with van der Waals surface area (Å²) in [5.41, 5.74) is 7.17. The largest absolute Gasteiger partial charge is 0.495 e. The Morgan fingerprint density at radius 1 is 1.00 bits per heavy atom. The van der Waals surface area contributed by atoms with Crippen LogP contribution in [0.5, 0.6) is 11.5 Å². The van der Waals surface area contributed by atoms with Crippen molar-refractivity contribution in [3.8, 4) is 11.5 Å². The van der Waals surface area contributed by atoms with Gasteiger partial charge < -0.3 is 15.2 Å². The second-order valence-electron chi connectivity index (χ2n) is 4.14. The Bertz CT molecular complexity index is 656. The van der Waals surface area contributed by atoms with E-state index in [1.807, 2.05) is 0 Å². The number of methoxy groups -OCH3 is 2. The van der Waals surface area contributed by atoms with Crippen molar-refractivity contribution < 1.29 is 14.3 Å². The Labute approximate surface area is 122 Å². The molecule has 0 atom stereocenters. The minimum Gasteiger partial charge on any atom is -0.495 e. The fraction of sp³-hybridized carbons (Fsp3) is 0.133. The zero-order chi connectivity index (χ0) is 14.7. The van der Waals surface area contributed by atoms with E-state index in [0.717, 1.165) is 0 Å². The molecule has 0 spiro atoms. The number of carbonyl (C=O) groups excluding carboxylic acids is 1. The highest BCUT2D eigenvalue weighted by Gasteiger charge is 2.13. The van der Waals surface area contributed by atoms with Crippen LogP contribution in [0.2, 0.25) is 5.02 Å². The van der Waals surface area contributed by atoms with Crippen LogP contribution in [0.4, 0.5) is 5.69 Å². The van der Waals surface area contributed by atoms with Crippen molar-refractivity contribution >= 4 is 23.1 Å². The molecule has 0 aliphatic rings. The van der Waals surface area contributed by atoms with Gasteiger partial charge in [-0.15, -0.1) is 0 Å². The summed E-state index contributed by atoms with van der Waals surface area (Å²) in [5, 5.41) is 0.390. The molecular formula is C15H14ClNO3. The fourth-order valence-corrected chi connectivity index (χ4v) is 2.08. The number of benzene rings is 2. The van der Waals surface area contributed by atoms with Gasteiger partial charge in [-0.25, -0.2) is 0 Å². The van der Waals surface area contributed by atoms with Crippen LogP contribution >= 0.6 is 11.6 Å². The summed E-state index contributed by atoms with van der Waals surface area (Å²) in [6.45, 7) is 0. The first-order chi connectivity index (χ1) is 9.56. The molecule has 2 aromatic rings. The normalized spacial score (nSPS) is 10.2. The summed E-state index contributed by atoms with van der Waals surface area (Å²) in [6.07, 6.45) is 0. The lowest BCUT2D eigenvalue weighted by Crippen LogP contribution is -2.03. The van der Waals surface area contributed by atoms with Crippen molar-refractivity contribution in [2.24, 2.45) is 0 Å². The van der Waals surface area contributed by atoms with E-state index in [9.17, 15) is 4.79 Å². The molecule has 4 nitrogen and oxygen atoms in total. The van der Waals surface area contributed by atoms with E-state index < -0.39 is 0 Å². The lowest BCUT2D eigenvalue weighted by molar-refractivity contribution is 0.103. The van der Waals surface area contributed by atoms with Crippen molar-refractivity contribution in [1.82, 2.24) is 0 Å². The molecule has 0 radical (unpaired) electrons. The second kappa shape index (κ2) is 5.84. The first kappa shape index (κ1) is 14.2. The number of carbonyl (C=O) groups is 1. The topological polar surface area (TPSA) is 61.5 Å². The van der Waals surface area contributed by atoms with Gasteiger partial charge in [0.1, 0.15) is 11.5 Å². The van der Waals surface area contributed by atoms with Gasteiger partial charge in [-0.3, -0.25) is 4.79 Å². The van der Waals surface area contributed by atoms with Crippen molar-refractivity contribution in [1.29, 1.82) is 0 Å². The summed E-state index contributed by atoms with van der Waals surface area (Å²) >= 11 is 6.02. The molecule has 0 fully saturated rings. The molecule has 0 aromatic heterocycles. The minimum absolute atomic E-state index is 0.159. The molecule has 5 heteroatoms. The molecule has 0 bridgehead atoms. The molecule has 2 N–H and O–H groups in total. The molecule has 20 heavy (non-hydrogen) atoms. The highest BCUT2D eigenvalue weighted by Crippen LogP contribution is 2.28. The quantitative estimate of drug-likeness (QED) is 0.694. The molecule has 2 rings (SSSR count). The van der Waals surface area contributed by atoms with Gasteiger partial charge >= 0.3 is 0 Å². The maximum atomic E-state index is 12.4. The average molecular weight is 292 g/mol. The Kier molecular flexibility index (Phi) is 4.15. The number of ketones is 1. The van der Waals surface area contributed by atoms with E-state index in [1.165, 1.54) is 14.2 Å². The summed E-state index contributed by atoms with van der Waals surface area (Å²) in [5.74, 6) is 0.835. The van der Waals surface area contributed by atoms with Crippen molar-refractivity contribution in [3.05, 3.63) is 52.5 Å². The molecule has 2 aromatic carbocycles. The third-order valence-electron chi connectivity index (χ3n) is 2.91. The smallest absolute Gasteiger partial charge is 0.193 e. The van der Waals surface area contributed by atoms with Gasteiger partial charge in [-0.2, -0.15) is 0 Å². The summed E-state index contributed by atoms with van der Waals surface area (Å²) in [6, 6.07) is 9.79. The van der Waals surface area contributed by atoms with Gasteiger partial charge in [0.05, 0.1) is 24.9 Å². The molecule has 0 aliphatic heterocycles. The summed E-state index contributed by atoms with van der Waals surface area (Å²) in [4.78, 5) is 12.4. The molecule has 0 unspecified atom stereocenters. The van der Waals surface area contributed by atoms with Crippen LogP contribution < -0.4 is 15.2 Å². The van der Waals surface area contributed by atoms with Crippen molar-refractivity contribution in [3.63, 3.8) is 0 Å². The van der Waals surface area contributed by atoms with Crippen LogP contribution in [0.3, 0.4) is 0 Å². The molecular weight excluding hydrogens is 278 g/mol. The zero-order valence-corrected chi connectivity index (χ0v) is 11.9. The Morgan fingerprint density at radius 2 is 1.60 bits per heavy atom. The van der Waals surface area contributed by atoms with Crippen LogP contribution in [-0.4, -0.2) is 20.0 Å². The predicted molar refractivity (Wildman–Crippen MR) is 78.8 cm³/mol. The third-order valence-corrected chi connectivity index (χ3v) is 3.21. The number of anilines is 1. The number of ether oxygens (including phenoxy) is 2. The Morgan fingerprint density at radius 3 is 2.20 bits per heavy atom. The van der Waals surface area contributed by atoms with Crippen LogP contribution in [0.1, 0.15) is 15.9 Å². The van der Waals surface area contributed by atoms with E-state index in [0.29, 0.717) is 33.3 Å². The van der Waals surface area contributed by atoms with E-state index in [-0.39, 0.29) is 5.78 Å². The van der Waals surface area contributed by atoms with Gasteiger partial charge in [0.15, 0.2) is 5.78 Å². The van der Waals surface area contributed by atoms with Gasteiger partial charge in [-0.1, -0.05) is 11.6 Å². The maximum absolute atomic E-state index is 12.4. The molecule has 0 saturated heterocycles. The van der Waals surface area contributed by atoms with Gasteiger partial charge in [0.2, 0.25) is 0 Å². The number of nitrogens with two attached hydrogens (primary N) is 1. The molecule has 0 amide bonds. The summed E-state index contributed by atoms with van der Waals surface area (Å²) in [7, 11) is 3.03. The number of nitrogen functional groups attached to an aromatic ring is 1. The highest BCUT2D eigenvalue weighted by atomic mass is 35.5. The monoisotopic (exact) mass is 291 g/mol. The van der Waals surface area contributed by atoms with Crippen LogP contribution in [0, 0.1) is 0 Å². The Hall–Kier alpha value is -2.20. The minimum atomic E-state index is -0.159. The SMILES string of the molecule is COc1cc(C(=O)c2ccc(OC)c(Cl)c2)ccc1N. The summed E-state index contributed by atoms with van der Waals surface area (Å²) < 4.78 is 10.2. The van der Waals surface area contributed by atoms with E-state index >= 15 is 0 Å². The van der Waals surface area contributed by atoms with E-state index in [1.54, 1.807) is 36.4 Å². The number of rotatable bonds is 4. The van der Waals surface area contributed by atoms with Gasteiger partial charge in [-0.05, 0) is 36.4 Å². The zero-order valence-electron chi connectivity index (χ0n) is 11.1. The third kappa shape index (κ3) is 2.70. The number of hydrogen-bond acceptors (Lipinski definition) is 4. The van der Waals surface area contributed by atoms with Crippen molar-refractivity contribution in [2.45, 2.75) is 0 Å². The second-order valence-corrected chi connectivity index (χ2v) is 4.54. The molecule has 0 saturated carbocycles. The Balaban J connectivity index is 2.38. The van der Waals surface area contributed by atoms with Gasteiger partial charge in [0.25, 0.3) is 0 Å². The van der Waals surface area contributed by atoms with Crippen LogP contribution in [0.15, 0.2) is 36.4 Å². The van der Waals surface area contributed by atoms with Crippen LogP contribution in [0.25, 0.3) is 0 Å². The predicted octanol–water partition coefficient (Wildman–Crippen LogP) is 3.17. The fourth-order valence-electron chi connectivity index (χ4n) is 1.83. The standard InChI is InChI=1S/C15H14ClNO3/c1-19-13-6-4-9(7-11(13)16)15(18)10-3-5-12(17)14(8-10)20-2/h3-8H,17H2,1-2H3. The average Bonchev–Trinajstić information content (AvgIpc) is 2.47. The first-order valence-corrected chi connectivity index (χ1v) is 6.26. The number of hydrogen-bond donors (Lipinski definition) is 1. The first-order valence-electron chi connectivity index (χ1n) is 5.88. The maximum Gasteiger partial charge on any atom is 0.193 e. The molecule has 0 heterocycles. The van der Waals surface area contributed by atoms with Gasteiger partial charge in [0, 0.05) is 11.1 Å². The van der Waals surface area contributed by atoms with E-state index in [2.05, 4.69) is 0 Å². The lowest BCUT2D eigenvalue weighted by atomic mass is 10.0. The van der Waals surface area contributed by atoms with Crippen LogP contribution in [-0.2, 0) is 0 Å². The highest BCUT2D eigenvalue weighted by molar-refractivity contribution is 6.32. The van der Waals surface area contributed by atoms with E-state index in [4.69, 9.17) is 26.8 Å². The number of halogens is 1. The lowest BCUT2D eigenvalue weighted by Gasteiger charge is -2.08.